The maximum atomic E-state index is 12.6. The van der Waals surface area contributed by atoms with Gasteiger partial charge in [0.05, 0.1) is 12.8 Å². The Balaban J connectivity index is 1.79. The Bertz CT molecular complexity index is 785. The Labute approximate surface area is 144 Å². The van der Waals surface area contributed by atoms with Gasteiger partial charge in [0, 0.05) is 25.0 Å². The number of hydrogen-bond acceptors (Lipinski definition) is 7. The molecule has 3 heterocycles. The fourth-order valence-electron chi connectivity index (χ4n) is 2.67. The number of hydrogen-bond donors (Lipinski definition) is 0. The van der Waals surface area contributed by atoms with Gasteiger partial charge in [0.2, 0.25) is 5.88 Å². The number of carbonyl (C=O) groups excluding carboxylic acids is 1. The van der Waals surface area contributed by atoms with E-state index < -0.39 is 0 Å². The molecule has 0 spiro atoms. The van der Waals surface area contributed by atoms with Crippen molar-refractivity contribution in [3.05, 3.63) is 23.6 Å². The predicted molar refractivity (Wildman–Crippen MR) is 90.6 cm³/mol. The number of likely N-dealkylation sites (tertiary alicyclic amines) is 1. The summed E-state index contributed by atoms with van der Waals surface area (Å²) < 4.78 is 5.12. The van der Waals surface area contributed by atoms with Gasteiger partial charge < -0.3 is 4.74 Å². The molecule has 3 rings (SSSR count). The SMILES string of the molecule is COc1cccc(-c2csc(N(C)C(=O)[C@@H]3CCCN3C#N)n2)n1. The molecule has 7 nitrogen and oxygen atoms in total. The average Bonchev–Trinajstić information content (AvgIpc) is 3.29. The van der Waals surface area contributed by atoms with Crippen molar-refractivity contribution >= 4 is 22.4 Å². The normalized spacial score (nSPS) is 16.7. The van der Waals surface area contributed by atoms with Crippen LogP contribution < -0.4 is 9.64 Å². The van der Waals surface area contributed by atoms with Crippen molar-refractivity contribution < 1.29 is 9.53 Å². The van der Waals surface area contributed by atoms with E-state index in [-0.39, 0.29) is 11.9 Å². The van der Waals surface area contributed by atoms with Gasteiger partial charge in [-0.3, -0.25) is 14.6 Å². The van der Waals surface area contributed by atoms with E-state index in [1.54, 1.807) is 20.2 Å². The molecule has 0 radical (unpaired) electrons. The van der Waals surface area contributed by atoms with Crippen molar-refractivity contribution in [2.24, 2.45) is 0 Å². The second-order valence-electron chi connectivity index (χ2n) is 5.43. The number of pyridine rings is 1. The predicted octanol–water partition coefficient (Wildman–Crippen LogP) is 2.12. The van der Waals surface area contributed by atoms with E-state index in [2.05, 4.69) is 16.2 Å². The minimum Gasteiger partial charge on any atom is -0.481 e. The maximum absolute atomic E-state index is 12.6. The van der Waals surface area contributed by atoms with Crippen LogP contribution in [0.5, 0.6) is 5.88 Å². The van der Waals surface area contributed by atoms with Crippen molar-refractivity contribution in [3.8, 4) is 23.5 Å². The van der Waals surface area contributed by atoms with E-state index in [1.165, 1.54) is 21.1 Å². The van der Waals surface area contributed by atoms with Gasteiger partial charge in [-0.05, 0) is 18.9 Å². The Morgan fingerprint density at radius 2 is 2.29 bits per heavy atom. The van der Waals surface area contributed by atoms with Gasteiger partial charge in [-0.15, -0.1) is 11.3 Å². The quantitative estimate of drug-likeness (QED) is 0.791. The van der Waals surface area contributed by atoms with Crippen LogP contribution in [-0.4, -0.2) is 47.5 Å². The molecule has 1 amide bonds. The van der Waals surface area contributed by atoms with Crippen LogP contribution in [0.3, 0.4) is 0 Å². The molecule has 124 valence electrons. The van der Waals surface area contributed by atoms with Gasteiger partial charge in [0.1, 0.15) is 11.7 Å². The third-order valence-corrected chi connectivity index (χ3v) is 4.89. The van der Waals surface area contributed by atoms with Gasteiger partial charge in [0.25, 0.3) is 5.91 Å². The van der Waals surface area contributed by atoms with Crippen molar-refractivity contribution in [2.75, 3.05) is 25.6 Å². The molecule has 0 bridgehead atoms. The molecule has 1 fully saturated rings. The lowest BCUT2D eigenvalue weighted by atomic mass is 10.2. The molecule has 24 heavy (non-hydrogen) atoms. The summed E-state index contributed by atoms with van der Waals surface area (Å²) in [6, 6.07) is 5.07. The van der Waals surface area contributed by atoms with Crippen LogP contribution in [0.4, 0.5) is 5.13 Å². The molecular weight excluding hydrogens is 326 g/mol. The Kier molecular flexibility index (Phi) is 4.62. The van der Waals surface area contributed by atoms with Gasteiger partial charge in [0.15, 0.2) is 11.3 Å². The zero-order valence-corrected chi connectivity index (χ0v) is 14.3. The highest BCUT2D eigenvalue weighted by molar-refractivity contribution is 7.14. The summed E-state index contributed by atoms with van der Waals surface area (Å²) in [4.78, 5) is 24.5. The summed E-state index contributed by atoms with van der Waals surface area (Å²) in [5, 5.41) is 11.6. The van der Waals surface area contributed by atoms with E-state index in [1.807, 2.05) is 17.5 Å². The minimum atomic E-state index is -0.387. The molecule has 1 aliphatic rings. The van der Waals surface area contributed by atoms with E-state index in [0.29, 0.717) is 35.4 Å². The zero-order valence-electron chi connectivity index (χ0n) is 13.5. The second kappa shape index (κ2) is 6.84. The van der Waals surface area contributed by atoms with Crippen LogP contribution in [0.15, 0.2) is 23.6 Å². The number of likely N-dealkylation sites (N-methyl/N-ethyl adjacent to an activating group) is 1. The smallest absolute Gasteiger partial charge is 0.251 e. The van der Waals surface area contributed by atoms with Crippen LogP contribution in [0.25, 0.3) is 11.4 Å². The first-order valence-electron chi connectivity index (χ1n) is 7.55. The van der Waals surface area contributed by atoms with E-state index >= 15 is 0 Å². The molecule has 1 atom stereocenters. The first kappa shape index (κ1) is 16.2. The number of thiazole rings is 1. The largest absolute Gasteiger partial charge is 0.481 e. The standard InChI is InChI=1S/C16H17N5O2S/c1-20(15(22)13-6-4-8-21(13)10-17)16-19-12(9-24-16)11-5-3-7-14(18-11)23-2/h3,5,7,9,13H,4,6,8H2,1-2H3/t13-/m0/s1. The van der Waals surface area contributed by atoms with Gasteiger partial charge in [-0.25, -0.2) is 9.97 Å². The number of aromatic nitrogens is 2. The van der Waals surface area contributed by atoms with E-state index in [9.17, 15) is 4.79 Å². The number of nitriles is 1. The number of methoxy groups -OCH3 is 1. The lowest BCUT2D eigenvalue weighted by molar-refractivity contribution is -0.121. The fraction of sp³-hybridized carbons (Fsp3) is 0.375. The second-order valence-corrected chi connectivity index (χ2v) is 6.27. The van der Waals surface area contributed by atoms with Gasteiger partial charge in [-0.1, -0.05) is 6.07 Å². The van der Waals surface area contributed by atoms with Crippen LogP contribution in [-0.2, 0) is 4.79 Å². The highest BCUT2D eigenvalue weighted by Crippen LogP contribution is 2.28. The Morgan fingerprint density at radius 1 is 1.46 bits per heavy atom. The summed E-state index contributed by atoms with van der Waals surface area (Å²) in [6.07, 6.45) is 3.65. The molecule has 0 N–H and O–H groups in total. The summed E-state index contributed by atoms with van der Waals surface area (Å²) in [5.74, 6) is 0.413. The molecule has 0 unspecified atom stereocenters. The lowest BCUT2D eigenvalue weighted by Crippen LogP contribution is -2.42. The number of rotatable bonds is 4. The summed E-state index contributed by atoms with van der Waals surface area (Å²) in [6.45, 7) is 0.637. The number of anilines is 1. The molecule has 0 saturated carbocycles. The van der Waals surface area contributed by atoms with E-state index in [0.717, 1.165) is 6.42 Å². The third kappa shape index (κ3) is 3.03. The van der Waals surface area contributed by atoms with Gasteiger partial charge in [-0.2, -0.15) is 5.26 Å². The van der Waals surface area contributed by atoms with Crippen LogP contribution >= 0.6 is 11.3 Å². The number of nitrogens with zero attached hydrogens (tertiary/aromatic N) is 5. The summed E-state index contributed by atoms with van der Waals surface area (Å²) >= 11 is 1.37. The molecule has 8 heteroatoms. The first-order valence-corrected chi connectivity index (χ1v) is 8.43. The summed E-state index contributed by atoms with van der Waals surface area (Å²) in [7, 11) is 3.26. The molecule has 0 aliphatic carbocycles. The highest BCUT2D eigenvalue weighted by atomic mass is 32.1. The lowest BCUT2D eigenvalue weighted by Gasteiger charge is -2.22. The molecule has 2 aromatic rings. The third-order valence-electron chi connectivity index (χ3n) is 3.97. The zero-order chi connectivity index (χ0) is 17.1. The minimum absolute atomic E-state index is 0.103. The topological polar surface area (TPSA) is 82.4 Å². The molecule has 2 aromatic heterocycles. The molecular formula is C16H17N5O2S. The number of amides is 1. The number of carbonyl (C=O) groups is 1. The highest BCUT2D eigenvalue weighted by Gasteiger charge is 2.33. The van der Waals surface area contributed by atoms with Crippen molar-refractivity contribution in [3.63, 3.8) is 0 Å². The van der Waals surface area contributed by atoms with Crippen LogP contribution in [0, 0.1) is 11.5 Å². The monoisotopic (exact) mass is 343 g/mol. The Morgan fingerprint density at radius 3 is 3.04 bits per heavy atom. The molecule has 1 aliphatic heterocycles. The van der Waals surface area contributed by atoms with Gasteiger partial charge >= 0.3 is 0 Å². The van der Waals surface area contributed by atoms with Crippen molar-refractivity contribution in [1.82, 2.24) is 14.9 Å². The number of ether oxygens (including phenoxy) is 1. The molecule has 0 aromatic carbocycles. The van der Waals surface area contributed by atoms with E-state index in [4.69, 9.17) is 10.00 Å². The van der Waals surface area contributed by atoms with Crippen molar-refractivity contribution in [1.29, 1.82) is 5.26 Å². The Hall–Kier alpha value is -2.66. The van der Waals surface area contributed by atoms with Crippen LogP contribution in [0.2, 0.25) is 0 Å². The van der Waals surface area contributed by atoms with Crippen LogP contribution in [0.1, 0.15) is 12.8 Å². The average molecular weight is 343 g/mol. The first-order chi connectivity index (χ1) is 11.6. The summed E-state index contributed by atoms with van der Waals surface area (Å²) in [5.41, 5.74) is 1.38. The maximum Gasteiger partial charge on any atom is 0.251 e. The fourth-order valence-corrected chi connectivity index (χ4v) is 3.46. The molecule has 1 saturated heterocycles. The van der Waals surface area contributed by atoms with Crippen molar-refractivity contribution in [2.45, 2.75) is 18.9 Å².